The maximum Gasteiger partial charge on any atom is 0.402 e. The van der Waals surface area contributed by atoms with Crippen LogP contribution in [0.4, 0.5) is 0 Å². The molecule has 0 amide bonds. The molecule has 1 aromatic heterocycles. The van der Waals surface area contributed by atoms with Gasteiger partial charge in [0.25, 0.3) is 0 Å². The van der Waals surface area contributed by atoms with Crippen molar-refractivity contribution >= 4 is 11.0 Å². The summed E-state index contributed by atoms with van der Waals surface area (Å²) < 4.78 is 16.8. The van der Waals surface area contributed by atoms with Crippen LogP contribution in [0.25, 0.3) is 22.3 Å². The van der Waals surface area contributed by atoms with Gasteiger partial charge in [-0.25, -0.2) is 4.42 Å². The van der Waals surface area contributed by atoms with Gasteiger partial charge in [0.2, 0.25) is 12.0 Å². The molecule has 1 fully saturated rings. The Kier molecular flexibility index (Phi) is 5.67. The van der Waals surface area contributed by atoms with E-state index in [0.717, 1.165) is 6.07 Å². The molecular formula is C21H21O11+. The first kappa shape index (κ1) is 21.9. The summed E-state index contributed by atoms with van der Waals surface area (Å²) in [7, 11) is 0. The first-order chi connectivity index (χ1) is 15.2. The molecule has 0 spiro atoms. The Labute approximate surface area is 180 Å². The Morgan fingerprint density at radius 3 is 2.28 bits per heavy atom. The van der Waals surface area contributed by atoms with E-state index in [4.69, 9.17) is 13.9 Å². The van der Waals surface area contributed by atoms with Crippen LogP contribution in [-0.4, -0.2) is 78.2 Å². The van der Waals surface area contributed by atoms with Gasteiger partial charge in [0, 0.05) is 18.2 Å². The molecule has 4 rings (SSSR count). The van der Waals surface area contributed by atoms with Crippen LogP contribution in [0.15, 0.2) is 40.8 Å². The molecule has 11 nitrogen and oxygen atoms in total. The minimum absolute atomic E-state index is 0.0465. The van der Waals surface area contributed by atoms with E-state index in [0.29, 0.717) is 0 Å². The van der Waals surface area contributed by atoms with Gasteiger partial charge in [-0.2, -0.15) is 0 Å². The lowest BCUT2D eigenvalue weighted by molar-refractivity contribution is -0.277. The van der Waals surface area contributed by atoms with E-state index in [2.05, 4.69) is 0 Å². The van der Waals surface area contributed by atoms with E-state index in [9.17, 15) is 40.9 Å². The Bertz CT molecular complexity index is 1150. The Morgan fingerprint density at radius 1 is 0.844 bits per heavy atom. The molecule has 2 heterocycles. The van der Waals surface area contributed by atoms with Crippen LogP contribution in [0.3, 0.4) is 0 Å². The number of ether oxygens (including phenoxy) is 2. The first-order valence-electron chi connectivity index (χ1n) is 9.52. The van der Waals surface area contributed by atoms with E-state index >= 15 is 0 Å². The van der Waals surface area contributed by atoms with Crippen molar-refractivity contribution in [2.45, 2.75) is 30.7 Å². The monoisotopic (exact) mass is 449 g/mol. The second-order valence-corrected chi connectivity index (χ2v) is 7.34. The lowest BCUT2D eigenvalue weighted by atomic mass is 9.99. The van der Waals surface area contributed by atoms with E-state index in [1.54, 1.807) is 0 Å². The highest BCUT2D eigenvalue weighted by Crippen LogP contribution is 2.42. The molecule has 32 heavy (non-hydrogen) atoms. The van der Waals surface area contributed by atoms with Crippen molar-refractivity contribution in [3.8, 4) is 40.1 Å². The van der Waals surface area contributed by atoms with Crippen LogP contribution in [0.2, 0.25) is 0 Å². The fraction of sp³-hybridized carbons (Fsp3) is 0.286. The van der Waals surface area contributed by atoms with Gasteiger partial charge in [0.05, 0.1) is 18.2 Å². The van der Waals surface area contributed by atoms with Crippen molar-refractivity contribution in [1.29, 1.82) is 0 Å². The minimum atomic E-state index is -1.71. The molecule has 8 N–H and O–H groups in total. The average Bonchev–Trinajstić information content (AvgIpc) is 2.76. The molecular weight excluding hydrogens is 428 g/mol. The molecule has 0 aliphatic carbocycles. The van der Waals surface area contributed by atoms with Gasteiger partial charge in [-0.15, -0.1) is 0 Å². The summed E-state index contributed by atoms with van der Waals surface area (Å²) >= 11 is 0. The van der Waals surface area contributed by atoms with Crippen molar-refractivity contribution < 1.29 is 54.7 Å². The van der Waals surface area contributed by atoms with Crippen molar-refractivity contribution in [1.82, 2.24) is 0 Å². The smallest absolute Gasteiger partial charge is 0.402 e. The summed E-state index contributed by atoms with van der Waals surface area (Å²) in [5.74, 6) is -1.64. The quantitative estimate of drug-likeness (QED) is 0.203. The molecule has 5 atom stereocenters. The van der Waals surface area contributed by atoms with E-state index in [1.807, 2.05) is 0 Å². The molecule has 1 saturated heterocycles. The summed E-state index contributed by atoms with van der Waals surface area (Å²) in [6, 6.07) is 7.37. The normalized spacial score (nSPS) is 25.7. The molecule has 1 aliphatic heterocycles. The van der Waals surface area contributed by atoms with Crippen LogP contribution >= 0.6 is 0 Å². The Balaban J connectivity index is 1.84. The number of phenols is 4. The van der Waals surface area contributed by atoms with Gasteiger partial charge in [-0.3, -0.25) is 0 Å². The van der Waals surface area contributed by atoms with Crippen molar-refractivity contribution in [3.63, 3.8) is 0 Å². The number of benzene rings is 2. The fourth-order valence-electron chi connectivity index (χ4n) is 3.43. The van der Waals surface area contributed by atoms with Gasteiger partial charge < -0.3 is 50.3 Å². The SMILES string of the molecule is OC[C@@H]1O[C@H](Oc2cc3c(O)cc(O)cc3[o+]c2-c2ccc(O)c(O)c2)[C@@H](O)[C@H](O)[C@@H]1O. The second-order valence-electron chi connectivity index (χ2n) is 7.34. The summed E-state index contributed by atoms with van der Waals surface area (Å²) in [5, 5.41) is 79.2. The number of hydrogen-bond donors (Lipinski definition) is 8. The molecule has 0 radical (unpaired) electrons. The van der Waals surface area contributed by atoms with Crippen LogP contribution in [0.1, 0.15) is 0 Å². The summed E-state index contributed by atoms with van der Waals surface area (Å²) in [5.41, 5.74) is 0.260. The molecule has 0 saturated carbocycles. The standard InChI is InChI=1S/C21H20O11/c22-7-16-17(27)18(28)19(29)21(32-16)31-15-6-10-12(25)4-9(23)5-14(10)30-20(15)8-1-2-11(24)13(26)3-8/h1-6,16-19,21-22,27-29H,7H2,(H3-,23,24,25,26)/p+1/t16-,17+,18+,19-,21-/m0/s1. The highest BCUT2D eigenvalue weighted by molar-refractivity contribution is 5.88. The number of fused-ring (bicyclic) bond motifs is 1. The number of aliphatic hydroxyl groups excluding tert-OH is 4. The predicted octanol–water partition coefficient (Wildman–Crippen LogP) is 0.382. The molecule has 3 aromatic rings. The Hall–Kier alpha value is -3.35. The van der Waals surface area contributed by atoms with Gasteiger partial charge in [0.1, 0.15) is 41.3 Å². The summed E-state index contributed by atoms with van der Waals surface area (Å²) in [4.78, 5) is 0. The molecule has 1 aliphatic rings. The van der Waals surface area contributed by atoms with Crippen LogP contribution in [0.5, 0.6) is 28.7 Å². The molecule has 170 valence electrons. The van der Waals surface area contributed by atoms with Gasteiger partial charge in [-0.1, -0.05) is 0 Å². The fourth-order valence-corrected chi connectivity index (χ4v) is 3.43. The molecule has 0 unspecified atom stereocenters. The van der Waals surface area contributed by atoms with E-state index in [1.165, 1.54) is 30.3 Å². The van der Waals surface area contributed by atoms with Gasteiger partial charge in [0.15, 0.2) is 11.5 Å². The zero-order valence-electron chi connectivity index (χ0n) is 16.4. The van der Waals surface area contributed by atoms with Gasteiger partial charge >= 0.3 is 11.3 Å². The maximum absolute atomic E-state index is 10.3. The lowest BCUT2D eigenvalue weighted by Crippen LogP contribution is -2.60. The number of phenolic OH excluding ortho intramolecular Hbond substituents is 4. The minimum Gasteiger partial charge on any atom is -0.507 e. The largest absolute Gasteiger partial charge is 0.507 e. The summed E-state index contributed by atoms with van der Waals surface area (Å²) in [6.45, 7) is -0.661. The number of aromatic hydroxyl groups is 4. The topological polar surface area (TPSA) is 192 Å². The highest BCUT2D eigenvalue weighted by Gasteiger charge is 2.45. The van der Waals surface area contributed by atoms with E-state index in [-0.39, 0.29) is 45.3 Å². The third-order valence-electron chi connectivity index (χ3n) is 5.15. The average molecular weight is 449 g/mol. The Morgan fingerprint density at radius 2 is 1.59 bits per heavy atom. The van der Waals surface area contributed by atoms with E-state index < -0.39 is 43.1 Å². The van der Waals surface area contributed by atoms with Crippen molar-refractivity contribution in [2.24, 2.45) is 0 Å². The zero-order chi connectivity index (χ0) is 23.2. The zero-order valence-corrected chi connectivity index (χ0v) is 16.4. The molecule has 2 aromatic carbocycles. The number of hydrogen-bond acceptors (Lipinski definition) is 10. The third-order valence-corrected chi connectivity index (χ3v) is 5.15. The summed E-state index contributed by atoms with van der Waals surface area (Å²) in [6.07, 6.45) is -7.76. The second kappa shape index (κ2) is 8.30. The number of rotatable bonds is 4. The van der Waals surface area contributed by atoms with Crippen LogP contribution < -0.4 is 4.74 Å². The first-order valence-corrected chi connectivity index (χ1v) is 9.52. The van der Waals surface area contributed by atoms with Crippen LogP contribution in [0, 0.1) is 0 Å². The van der Waals surface area contributed by atoms with Crippen LogP contribution in [-0.2, 0) is 4.74 Å². The lowest BCUT2D eigenvalue weighted by Gasteiger charge is -2.39. The number of aliphatic hydroxyl groups is 4. The van der Waals surface area contributed by atoms with Crippen molar-refractivity contribution in [3.05, 3.63) is 36.4 Å². The van der Waals surface area contributed by atoms with Crippen molar-refractivity contribution in [2.75, 3.05) is 6.61 Å². The molecule has 11 heteroatoms. The van der Waals surface area contributed by atoms with Gasteiger partial charge in [-0.05, 0) is 12.1 Å². The predicted molar refractivity (Wildman–Crippen MR) is 107 cm³/mol. The maximum atomic E-state index is 10.3. The highest BCUT2D eigenvalue weighted by atomic mass is 16.7. The molecule has 0 bridgehead atoms. The third kappa shape index (κ3) is 3.83.